The molecule has 1 aliphatic heterocycles. The predicted octanol–water partition coefficient (Wildman–Crippen LogP) is 6.25. The summed E-state index contributed by atoms with van der Waals surface area (Å²) in [6.45, 7) is 20.9. The number of cyclic esters (lactones) is 1. The van der Waals surface area contributed by atoms with Gasteiger partial charge in [0.15, 0.2) is 0 Å². The van der Waals surface area contributed by atoms with Gasteiger partial charge < -0.3 is 9.16 Å². The Balaban J connectivity index is 3.06. The highest BCUT2D eigenvalue weighted by Crippen LogP contribution is 2.44. The second-order valence-electron chi connectivity index (χ2n) is 8.68. The van der Waals surface area contributed by atoms with Gasteiger partial charge in [-0.05, 0) is 35.0 Å². The van der Waals surface area contributed by atoms with E-state index < -0.39 is 8.32 Å². The van der Waals surface area contributed by atoms with Crippen molar-refractivity contribution in [3.05, 3.63) is 12.2 Å². The molecule has 0 amide bonds. The van der Waals surface area contributed by atoms with E-state index in [9.17, 15) is 4.79 Å². The summed E-state index contributed by atoms with van der Waals surface area (Å²) in [5.41, 5.74) is 2.79. The molecule has 1 unspecified atom stereocenters. The molecular weight excluding hydrogens is 328 g/mol. The minimum absolute atomic E-state index is 0.0747. The first-order chi connectivity index (χ1) is 11.6. The van der Waals surface area contributed by atoms with E-state index in [-0.39, 0.29) is 18.0 Å². The van der Waals surface area contributed by atoms with Crippen LogP contribution in [0.15, 0.2) is 12.2 Å². The van der Waals surface area contributed by atoms with Crippen LogP contribution in [-0.4, -0.2) is 27.0 Å². The third-order valence-corrected chi connectivity index (χ3v) is 12.0. The normalized spacial score (nSPS) is 24.6. The minimum atomic E-state index is -1.95. The Morgan fingerprint density at radius 2 is 1.60 bits per heavy atom. The maximum Gasteiger partial charge on any atom is 0.305 e. The van der Waals surface area contributed by atoms with Crippen LogP contribution >= 0.6 is 0 Å². The average Bonchev–Trinajstić information content (AvgIpc) is 2.54. The largest absolute Gasteiger partial charge is 0.465 e. The van der Waals surface area contributed by atoms with Crippen molar-refractivity contribution in [1.29, 1.82) is 0 Å². The van der Waals surface area contributed by atoms with Gasteiger partial charge in [-0.3, -0.25) is 4.79 Å². The van der Waals surface area contributed by atoms with Crippen LogP contribution < -0.4 is 0 Å². The molecule has 0 aromatic heterocycles. The molecular formula is C21H40O3Si. The molecule has 1 fully saturated rings. The van der Waals surface area contributed by atoms with E-state index in [0.717, 1.165) is 31.3 Å². The van der Waals surface area contributed by atoms with E-state index in [0.29, 0.717) is 29.7 Å². The average molecular weight is 369 g/mol. The van der Waals surface area contributed by atoms with Crippen LogP contribution in [0.2, 0.25) is 16.6 Å². The highest BCUT2D eigenvalue weighted by molar-refractivity contribution is 6.77. The van der Waals surface area contributed by atoms with Gasteiger partial charge in [-0.1, -0.05) is 67.9 Å². The molecule has 0 radical (unpaired) electrons. The summed E-state index contributed by atoms with van der Waals surface area (Å²) in [4.78, 5) is 11.8. The first-order valence-electron chi connectivity index (χ1n) is 10.1. The Morgan fingerprint density at radius 3 is 2.12 bits per heavy atom. The lowest BCUT2D eigenvalue weighted by atomic mass is 9.95. The third kappa shape index (κ3) is 5.68. The molecule has 0 aliphatic carbocycles. The van der Waals surface area contributed by atoms with Crippen LogP contribution in [0.5, 0.6) is 0 Å². The van der Waals surface area contributed by atoms with Crippen LogP contribution in [0.1, 0.15) is 80.6 Å². The van der Waals surface area contributed by atoms with Crippen molar-refractivity contribution in [3.63, 3.8) is 0 Å². The van der Waals surface area contributed by atoms with Gasteiger partial charge in [0, 0.05) is 12.3 Å². The molecule has 2 atom stereocenters. The first kappa shape index (κ1) is 22.4. The standard InChI is InChI=1S/C21H40O3Si/c1-15(2)25(16(3)4,17(5)6)24-20-12-10-9-11-13-21(22)23-14-18(7)19(20)8/h15-18,20H,8-14H2,1-7H3/t18-,20?/m0/s1. The van der Waals surface area contributed by atoms with E-state index in [1.54, 1.807) is 0 Å². The number of ether oxygens (including phenoxy) is 1. The molecule has 4 heteroatoms. The molecule has 3 nitrogen and oxygen atoms in total. The van der Waals surface area contributed by atoms with Crippen molar-refractivity contribution in [3.8, 4) is 0 Å². The second kappa shape index (κ2) is 9.91. The van der Waals surface area contributed by atoms with E-state index in [1.807, 2.05) is 0 Å². The number of hydrogen-bond donors (Lipinski definition) is 0. The maximum atomic E-state index is 11.8. The zero-order valence-electron chi connectivity index (χ0n) is 17.6. The van der Waals surface area contributed by atoms with Gasteiger partial charge in [-0.25, -0.2) is 0 Å². The number of esters is 1. The molecule has 0 saturated carbocycles. The van der Waals surface area contributed by atoms with Gasteiger partial charge >= 0.3 is 5.97 Å². The Bertz CT molecular complexity index is 421. The van der Waals surface area contributed by atoms with E-state index >= 15 is 0 Å². The molecule has 146 valence electrons. The molecule has 1 heterocycles. The number of carbonyl (C=O) groups is 1. The monoisotopic (exact) mass is 368 g/mol. The lowest BCUT2D eigenvalue weighted by Gasteiger charge is -2.45. The van der Waals surface area contributed by atoms with Crippen molar-refractivity contribution >= 4 is 14.3 Å². The number of hydrogen-bond acceptors (Lipinski definition) is 3. The van der Waals surface area contributed by atoms with Crippen LogP contribution in [0.4, 0.5) is 0 Å². The van der Waals surface area contributed by atoms with Crippen molar-refractivity contribution in [2.45, 2.75) is 103 Å². The van der Waals surface area contributed by atoms with Gasteiger partial charge in [-0.15, -0.1) is 0 Å². The van der Waals surface area contributed by atoms with Crippen LogP contribution in [0, 0.1) is 5.92 Å². The van der Waals surface area contributed by atoms with Gasteiger partial charge in [0.25, 0.3) is 0 Å². The minimum Gasteiger partial charge on any atom is -0.465 e. The van der Waals surface area contributed by atoms with Gasteiger partial charge in [0.05, 0.1) is 12.7 Å². The van der Waals surface area contributed by atoms with Crippen LogP contribution in [0.3, 0.4) is 0 Å². The summed E-state index contributed by atoms with van der Waals surface area (Å²) in [6, 6.07) is 0. The molecule has 1 saturated heterocycles. The fourth-order valence-corrected chi connectivity index (χ4v) is 10.0. The molecule has 25 heavy (non-hydrogen) atoms. The molecule has 0 N–H and O–H groups in total. The Labute approximate surface area is 156 Å². The van der Waals surface area contributed by atoms with Crippen molar-refractivity contribution < 1.29 is 14.0 Å². The molecule has 1 rings (SSSR count). The predicted molar refractivity (Wildman–Crippen MR) is 108 cm³/mol. The maximum absolute atomic E-state index is 11.8. The Morgan fingerprint density at radius 1 is 1.04 bits per heavy atom. The van der Waals surface area contributed by atoms with Crippen molar-refractivity contribution in [2.24, 2.45) is 5.92 Å². The lowest BCUT2D eigenvalue weighted by molar-refractivity contribution is -0.144. The molecule has 1 aliphatic rings. The molecule has 0 aromatic carbocycles. The van der Waals surface area contributed by atoms with Crippen LogP contribution in [-0.2, 0) is 14.0 Å². The van der Waals surface area contributed by atoms with Crippen molar-refractivity contribution in [1.82, 2.24) is 0 Å². The van der Waals surface area contributed by atoms with Crippen LogP contribution in [0.25, 0.3) is 0 Å². The fourth-order valence-electron chi connectivity index (χ4n) is 4.46. The summed E-state index contributed by atoms with van der Waals surface area (Å²) in [7, 11) is -1.95. The lowest BCUT2D eigenvalue weighted by Crippen LogP contribution is -2.50. The van der Waals surface area contributed by atoms with Crippen molar-refractivity contribution in [2.75, 3.05) is 6.61 Å². The smallest absolute Gasteiger partial charge is 0.305 e. The fraction of sp³-hybridized carbons (Fsp3) is 0.857. The topological polar surface area (TPSA) is 35.5 Å². The van der Waals surface area contributed by atoms with Gasteiger partial charge in [-0.2, -0.15) is 0 Å². The van der Waals surface area contributed by atoms with Gasteiger partial charge in [0.1, 0.15) is 0 Å². The summed E-state index contributed by atoms with van der Waals surface area (Å²) in [5.74, 6) is 0.0690. The third-order valence-electron chi connectivity index (χ3n) is 5.94. The van der Waals surface area contributed by atoms with E-state index in [4.69, 9.17) is 9.16 Å². The summed E-state index contributed by atoms with van der Waals surface area (Å²) >= 11 is 0. The first-order valence-corrected chi connectivity index (χ1v) is 12.3. The highest BCUT2D eigenvalue weighted by Gasteiger charge is 2.47. The quantitative estimate of drug-likeness (QED) is 0.327. The summed E-state index contributed by atoms with van der Waals surface area (Å²) < 4.78 is 12.5. The number of carbonyl (C=O) groups excluding carboxylic acids is 1. The molecule has 0 aromatic rings. The zero-order valence-corrected chi connectivity index (χ0v) is 18.6. The molecule has 0 bridgehead atoms. The highest BCUT2D eigenvalue weighted by atomic mass is 28.4. The Hall–Kier alpha value is -0.613. The van der Waals surface area contributed by atoms with E-state index in [1.165, 1.54) is 0 Å². The zero-order chi connectivity index (χ0) is 19.2. The second-order valence-corrected chi connectivity index (χ2v) is 14.1. The SMILES string of the molecule is C=C1C(O[Si](C(C)C)(C(C)C)C(C)C)CCCCCC(=O)OC[C@@H]1C. The molecule has 0 spiro atoms. The number of rotatable bonds is 5. The van der Waals surface area contributed by atoms with E-state index in [2.05, 4.69) is 55.0 Å². The van der Waals surface area contributed by atoms with Gasteiger partial charge in [0.2, 0.25) is 8.32 Å². The Kier molecular flexibility index (Phi) is 8.89. The summed E-state index contributed by atoms with van der Waals surface area (Å²) in [6.07, 6.45) is 4.68. The summed E-state index contributed by atoms with van der Waals surface area (Å²) in [5, 5.41) is 0.